The van der Waals surface area contributed by atoms with Crippen LogP contribution in [0.2, 0.25) is 0 Å². The van der Waals surface area contributed by atoms with Crippen LogP contribution >= 0.6 is 11.9 Å². The highest BCUT2D eigenvalue weighted by Gasteiger charge is 2.20. The summed E-state index contributed by atoms with van der Waals surface area (Å²) < 4.78 is 7.52. The van der Waals surface area contributed by atoms with Crippen molar-refractivity contribution in [3.63, 3.8) is 0 Å². The molecule has 0 bridgehead atoms. The van der Waals surface area contributed by atoms with Gasteiger partial charge in [0.2, 0.25) is 0 Å². The summed E-state index contributed by atoms with van der Waals surface area (Å²) in [5.41, 5.74) is 0. The summed E-state index contributed by atoms with van der Waals surface area (Å²) in [4.78, 5) is 0. The van der Waals surface area contributed by atoms with Gasteiger partial charge in [0, 0.05) is 20.2 Å². The van der Waals surface area contributed by atoms with Gasteiger partial charge in [-0.25, -0.2) is 4.31 Å². The minimum absolute atomic E-state index is 0.484. The Labute approximate surface area is 60.7 Å². The van der Waals surface area contributed by atoms with Crippen LogP contribution < -0.4 is 0 Å². The molecule has 0 aromatic rings. The Morgan fingerprint density at radius 2 is 2.44 bits per heavy atom. The summed E-state index contributed by atoms with van der Waals surface area (Å²) in [7, 11) is 1.79. The molecular formula is C6H13NOS. The second-order valence-corrected chi connectivity index (χ2v) is 3.10. The predicted molar refractivity (Wildman–Crippen MR) is 40.5 cm³/mol. The minimum atomic E-state index is 0.484. The maximum atomic E-state index is 5.19. The molecule has 1 fully saturated rings. The zero-order valence-corrected chi connectivity index (χ0v) is 6.78. The van der Waals surface area contributed by atoms with Crippen LogP contribution in [0.15, 0.2) is 0 Å². The molecule has 0 saturated carbocycles. The molecule has 0 aliphatic carbocycles. The zero-order chi connectivity index (χ0) is 6.69. The van der Waals surface area contributed by atoms with Crippen LogP contribution in [0.4, 0.5) is 0 Å². The molecule has 1 heterocycles. The molecule has 3 heteroatoms. The lowest BCUT2D eigenvalue weighted by Gasteiger charge is -2.09. The third-order valence-corrected chi connectivity index (χ3v) is 2.55. The van der Waals surface area contributed by atoms with Crippen molar-refractivity contribution in [1.29, 1.82) is 0 Å². The fourth-order valence-electron chi connectivity index (χ4n) is 1.06. The van der Waals surface area contributed by atoms with Gasteiger partial charge in [-0.2, -0.15) is 0 Å². The number of methoxy groups -OCH3 is 1. The first-order chi connectivity index (χ1) is 4.36. The predicted octanol–water partition coefficient (Wildman–Crippen LogP) is 0.985. The van der Waals surface area contributed by atoms with Gasteiger partial charge in [-0.05, 0) is 12.7 Å². The van der Waals surface area contributed by atoms with Gasteiger partial charge in [-0.1, -0.05) is 11.9 Å². The Hall–Kier alpha value is 0.270. The lowest BCUT2D eigenvalue weighted by molar-refractivity contribution is 0.115. The molecule has 0 aromatic carbocycles. The van der Waals surface area contributed by atoms with Crippen LogP contribution in [0.5, 0.6) is 0 Å². The van der Waals surface area contributed by atoms with Crippen molar-refractivity contribution in [2.75, 3.05) is 26.5 Å². The first-order valence-electron chi connectivity index (χ1n) is 3.18. The Balaban J connectivity index is 2.20. The molecule has 0 amide bonds. The molecule has 2 nitrogen and oxygen atoms in total. The maximum absolute atomic E-state index is 5.19. The van der Waals surface area contributed by atoms with Crippen LogP contribution in [0.25, 0.3) is 0 Å². The lowest BCUT2D eigenvalue weighted by atomic mass is 10.3. The van der Waals surface area contributed by atoms with Gasteiger partial charge in [0.1, 0.15) is 0 Å². The molecule has 0 aromatic heterocycles. The molecular weight excluding hydrogens is 134 g/mol. The van der Waals surface area contributed by atoms with Crippen LogP contribution in [0.1, 0.15) is 6.42 Å². The van der Waals surface area contributed by atoms with E-state index in [1.165, 1.54) is 13.0 Å². The SMILES string of the molecule is COC1CCN(SC)C1. The van der Waals surface area contributed by atoms with Crippen molar-refractivity contribution in [2.24, 2.45) is 0 Å². The second-order valence-electron chi connectivity index (χ2n) is 2.22. The van der Waals surface area contributed by atoms with E-state index in [9.17, 15) is 0 Å². The Morgan fingerprint density at radius 1 is 1.67 bits per heavy atom. The molecule has 1 rings (SSSR count). The van der Waals surface area contributed by atoms with Gasteiger partial charge < -0.3 is 4.74 Å². The molecule has 1 atom stereocenters. The van der Waals surface area contributed by atoms with E-state index in [1.807, 2.05) is 0 Å². The van der Waals surface area contributed by atoms with Crippen molar-refractivity contribution in [2.45, 2.75) is 12.5 Å². The van der Waals surface area contributed by atoms with Gasteiger partial charge in [0.15, 0.2) is 0 Å². The van der Waals surface area contributed by atoms with E-state index in [4.69, 9.17) is 4.74 Å². The van der Waals surface area contributed by atoms with Gasteiger partial charge in [0.25, 0.3) is 0 Å². The van der Waals surface area contributed by atoms with Crippen molar-refractivity contribution in [1.82, 2.24) is 4.31 Å². The second kappa shape index (κ2) is 3.44. The highest BCUT2D eigenvalue weighted by atomic mass is 32.2. The highest BCUT2D eigenvalue weighted by molar-refractivity contribution is 7.96. The smallest absolute Gasteiger partial charge is 0.0720 e. The molecule has 0 N–H and O–H groups in total. The van der Waals surface area contributed by atoms with E-state index in [1.54, 1.807) is 19.1 Å². The van der Waals surface area contributed by atoms with Crippen LogP contribution in [0, 0.1) is 0 Å². The maximum Gasteiger partial charge on any atom is 0.0720 e. The van der Waals surface area contributed by atoms with Gasteiger partial charge >= 0.3 is 0 Å². The summed E-state index contributed by atoms with van der Waals surface area (Å²) in [5.74, 6) is 0. The minimum Gasteiger partial charge on any atom is -0.380 e. The van der Waals surface area contributed by atoms with Crippen molar-refractivity contribution in [3.05, 3.63) is 0 Å². The van der Waals surface area contributed by atoms with Gasteiger partial charge in [-0.15, -0.1) is 0 Å². The molecule has 9 heavy (non-hydrogen) atoms. The molecule has 0 radical (unpaired) electrons. The fraction of sp³-hybridized carbons (Fsp3) is 1.00. The summed E-state index contributed by atoms with van der Waals surface area (Å²) >= 11 is 1.80. The average Bonchev–Trinajstić information content (AvgIpc) is 2.34. The molecule has 1 unspecified atom stereocenters. The van der Waals surface area contributed by atoms with E-state index in [0.29, 0.717) is 6.10 Å². The largest absolute Gasteiger partial charge is 0.380 e. The van der Waals surface area contributed by atoms with E-state index in [2.05, 4.69) is 10.6 Å². The van der Waals surface area contributed by atoms with Gasteiger partial charge in [0.05, 0.1) is 6.10 Å². The number of ether oxygens (including phenoxy) is 1. The van der Waals surface area contributed by atoms with Gasteiger partial charge in [-0.3, -0.25) is 0 Å². The summed E-state index contributed by atoms with van der Waals surface area (Å²) in [6.07, 6.45) is 3.78. The standard InChI is InChI=1S/C6H13NOS/c1-8-6-3-4-7(5-6)9-2/h6H,3-5H2,1-2H3. The van der Waals surface area contributed by atoms with E-state index in [0.717, 1.165) is 6.54 Å². The number of rotatable bonds is 2. The molecule has 54 valence electrons. The summed E-state index contributed by atoms with van der Waals surface area (Å²) in [6, 6.07) is 0. The molecule has 0 spiro atoms. The average molecular weight is 147 g/mol. The van der Waals surface area contributed by atoms with Crippen LogP contribution in [0.3, 0.4) is 0 Å². The van der Waals surface area contributed by atoms with E-state index in [-0.39, 0.29) is 0 Å². The molecule has 1 saturated heterocycles. The molecule has 1 aliphatic heterocycles. The van der Waals surface area contributed by atoms with E-state index >= 15 is 0 Å². The normalized spacial score (nSPS) is 29.3. The Morgan fingerprint density at radius 3 is 2.78 bits per heavy atom. The summed E-state index contributed by atoms with van der Waals surface area (Å²) in [5, 5.41) is 0. The van der Waals surface area contributed by atoms with Crippen molar-refractivity contribution in [3.8, 4) is 0 Å². The topological polar surface area (TPSA) is 12.5 Å². The van der Waals surface area contributed by atoms with Crippen molar-refractivity contribution < 1.29 is 4.74 Å². The van der Waals surface area contributed by atoms with Crippen molar-refractivity contribution >= 4 is 11.9 Å². The summed E-state index contributed by atoms with van der Waals surface area (Å²) in [6.45, 7) is 2.28. The quantitative estimate of drug-likeness (QED) is 0.540. The fourth-order valence-corrected chi connectivity index (χ4v) is 1.66. The first kappa shape index (κ1) is 7.38. The zero-order valence-electron chi connectivity index (χ0n) is 5.96. The van der Waals surface area contributed by atoms with Crippen LogP contribution in [-0.4, -0.2) is 36.9 Å². The first-order valence-corrected chi connectivity index (χ1v) is 4.37. The molecule has 1 aliphatic rings. The third-order valence-electron chi connectivity index (χ3n) is 1.70. The number of hydrogen-bond donors (Lipinski definition) is 0. The monoisotopic (exact) mass is 147 g/mol. The number of nitrogens with zero attached hydrogens (tertiary/aromatic N) is 1. The third kappa shape index (κ3) is 1.85. The van der Waals surface area contributed by atoms with Crippen LogP contribution in [-0.2, 0) is 4.74 Å². The van der Waals surface area contributed by atoms with E-state index < -0.39 is 0 Å². The lowest BCUT2D eigenvalue weighted by Crippen LogP contribution is -2.15. The Bertz CT molecular complexity index is 79.1. The Kier molecular flexibility index (Phi) is 2.82. The number of hydrogen-bond acceptors (Lipinski definition) is 3. The highest BCUT2D eigenvalue weighted by Crippen LogP contribution is 2.17.